The number of ether oxygens (including phenoxy) is 1. The van der Waals surface area contributed by atoms with Crippen LogP contribution in [-0.4, -0.2) is 11.1 Å². The molecule has 0 spiro atoms. The van der Waals surface area contributed by atoms with Gasteiger partial charge in [-0.15, -0.1) is 0 Å². The predicted octanol–water partition coefficient (Wildman–Crippen LogP) is 3.65. The summed E-state index contributed by atoms with van der Waals surface area (Å²) in [6.45, 7) is 1.70. The molecule has 4 heteroatoms. The van der Waals surface area contributed by atoms with Crippen molar-refractivity contribution < 1.29 is 19.0 Å². The first kappa shape index (κ1) is 14.1. The fourth-order valence-electron chi connectivity index (χ4n) is 1.81. The summed E-state index contributed by atoms with van der Waals surface area (Å²) >= 11 is 0. The van der Waals surface area contributed by atoms with Crippen molar-refractivity contribution >= 4 is 5.97 Å². The highest BCUT2D eigenvalue weighted by Gasteiger charge is 2.07. The normalized spacial score (nSPS) is 10.3. The number of rotatable bonds is 4. The van der Waals surface area contributed by atoms with E-state index in [4.69, 9.17) is 4.74 Å². The summed E-state index contributed by atoms with van der Waals surface area (Å²) in [6, 6.07) is 11.1. The van der Waals surface area contributed by atoms with Crippen LogP contribution in [0.1, 0.15) is 18.9 Å². The third kappa shape index (κ3) is 3.35. The largest absolute Gasteiger partial charge is 0.508 e. The number of halogens is 1. The van der Waals surface area contributed by atoms with Crippen LogP contribution in [0.5, 0.6) is 5.75 Å². The number of carbonyl (C=O) groups is 1. The van der Waals surface area contributed by atoms with Crippen molar-refractivity contribution in [3.63, 3.8) is 0 Å². The summed E-state index contributed by atoms with van der Waals surface area (Å²) in [5.74, 6) is -0.607. The van der Waals surface area contributed by atoms with Gasteiger partial charge in [0.25, 0.3) is 0 Å². The number of esters is 1. The molecule has 20 heavy (non-hydrogen) atoms. The van der Waals surface area contributed by atoms with Crippen molar-refractivity contribution in [2.45, 2.75) is 20.0 Å². The van der Waals surface area contributed by atoms with Gasteiger partial charge in [0.1, 0.15) is 18.2 Å². The molecule has 0 radical (unpaired) electrons. The first-order valence-electron chi connectivity index (χ1n) is 6.33. The summed E-state index contributed by atoms with van der Waals surface area (Å²) in [7, 11) is 0. The minimum absolute atomic E-state index is 0.00165. The van der Waals surface area contributed by atoms with Gasteiger partial charge in [0.05, 0.1) is 0 Å². The zero-order valence-electron chi connectivity index (χ0n) is 11.1. The van der Waals surface area contributed by atoms with Crippen LogP contribution in [0.2, 0.25) is 0 Å². The topological polar surface area (TPSA) is 46.5 Å². The molecule has 0 saturated heterocycles. The average Bonchev–Trinajstić information content (AvgIpc) is 2.46. The SMILES string of the molecule is CCC(=O)OCc1cc(-c2cccc(F)c2)ccc1O. The van der Waals surface area contributed by atoms with Gasteiger partial charge in [-0.05, 0) is 35.4 Å². The number of aromatic hydroxyl groups is 1. The molecule has 0 aromatic heterocycles. The fraction of sp³-hybridized carbons (Fsp3) is 0.188. The van der Waals surface area contributed by atoms with E-state index in [0.717, 1.165) is 5.56 Å². The summed E-state index contributed by atoms with van der Waals surface area (Å²) in [6.07, 6.45) is 0.282. The minimum atomic E-state index is -0.333. The van der Waals surface area contributed by atoms with Crippen molar-refractivity contribution in [3.05, 3.63) is 53.8 Å². The molecule has 0 fully saturated rings. The summed E-state index contributed by atoms with van der Waals surface area (Å²) in [5.41, 5.74) is 1.95. The van der Waals surface area contributed by atoms with Gasteiger partial charge in [-0.25, -0.2) is 4.39 Å². The molecule has 2 aromatic carbocycles. The molecule has 0 aliphatic heterocycles. The third-order valence-corrected chi connectivity index (χ3v) is 2.91. The molecule has 104 valence electrons. The van der Waals surface area contributed by atoms with E-state index in [1.54, 1.807) is 31.2 Å². The van der Waals surface area contributed by atoms with Crippen molar-refractivity contribution in [2.75, 3.05) is 0 Å². The van der Waals surface area contributed by atoms with Crippen LogP contribution >= 0.6 is 0 Å². The molecule has 0 aliphatic carbocycles. The Bertz CT molecular complexity index is 623. The Morgan fingerprint density at radius 1 is 1.20 bits per heavy atom. The molecule has 2 aromatic rings. The fourth-order valence-corrected chi connectivity index (χ4v) is 1.81. The highest BCUT2D eigenvalue weighted by Crippen LogP contribution is 2.27. The zero-order valence-corrected chi connectivity index (χ0v) is 11.1. The monoisotopic (exact) mass is 274 g/mol. The number of hydrogen-bond donors (Lipinski definition) is 1. The van der Waals surface area contributed by atoms with E-state index in [1.165, 1.54) is 18.2 Å². The number of benzene rings is 2. The molecular formula is C16H15FO3. The van der Waals surface area contributed by atoms with Crippen LogP contribution in [-0.2, 0) is 16.1 Å². The highest BCUT2D eigenvalue weighted by molar-refractivity contribution is 5.69. The Labute approximate surface area is 116 Å². The summed E-state index contributed by atoms with van der Waals surface area (Å²) in [4.78, 5) is 11.1. The van der Waals surface area contributed by atoms with Crippen LogP contribution < -0.4 is 0 Å². The van der Waals surface area contributed by atoms with Crippen LogP contribution in [0.15, 0.2) is 42.5 Å². The Kier molecular flexibility index (Phi) is 4.35. The van der Waals surface area contributed by atoms with E-state index in [0.29, 0.717) is 11.1 Å². The van der Waals surface area contributed by atoms with Gasteiger partial charge in [0.15, 0.2) is 0 Å². The van der Waals surface area contributed by atoms with Gasteiger partial charge >= 0.3 is 5.97 Å². The van der Waals surface area contributed by atoms with Gasteiger partial charge in [-0.1, -0.05) is 25.1 Å². The van der Waals surface area contributed by atoms with Gasteiger partial charge < -0.3 is 9.84 Å². The molecular weight excluding hydrogens is 259 g/mol. The lowest BCUT2D eigenvalue weighted by Crippen LogP contribution is -2.02. The Morgan fingerprint density at radius 3 is 2.65 bits per heavy atom. The zero-order chi connectivity index (χ0) is 14.5. The molecule has 0 unspecified atom stereocenters. The van der Waals surface area contributed by atoms with E-state index in [1.807, 2.05) is 0 Å². The summed E-state index contributed by atoms with van der Waals surface area (Å²) < 4.78 is 18.2. The maximum absolute atomic E-state index is 13.2. The second-order valence-corrected chi connectivity index (χ2v) is 4.37. The van der Waals surface area contributed by atoms with E-state index >= 15 is 0 Å². The maximum Gasteiger partial charge on any atom is 0.305 e. The molecule has 0 atom stereocenters. The lowest BCUT2D eigenvalue weighted by molar-refractivity contribution is -0.144. The molecule has 3 nitrogen and oxygen atoms in total. The first-order chi connectivity index (χ1) is 9.60. The maximum atomic E-state index is 13.2. The molecule has 0 saturated carbocycles. The van der Waals surface area contributed by atoms with Gasteiger partial charge in [-0.2, -0.15) is 0 Å². The molecule has 0 bridgehead atoms. The van der Waals surface area contributed by atoms with Gasteiger partial charge in [-0.3, -0.25) is 4.79 Å². The van der Waals surface area contributed by atoms with E-state index < -0.39 is 0 Å². The highest BCUT2D eigenvalue weighted by atomic mass is 19.1. The quantitative estimate of drug-likeness (QED) is 0.866. The second-order valence-electron chi connectivity index (χ2n) is 4.37. The number of hydrogen-bond acceptors (Lipinski definition) is 3. The van der Waals surface area contributed by atoms with E-state index in [9.17, 15) is 14.3 Å². The summed E-state index contributed by atoms with van der Waals surface area (Å²) in [5, 5.41) is 9.76. The standard InChI is InChI=1S/C16H15FO3/c1-2-16(19)20-10-13-8-12(6-7-15(13)18)11-4-3-5-14(17)9-11/h3-9,18H,2,10H2,1H3. The van der Waals surface area contributed by atoms with E-state index in [2.05, 4.69) is 0 Å². The third-order valence-electron chi connectivity index (χ3n) is 2.91. The predicted molar refractivity (Wildman–Crippen MR) is 73.6 cm³/mol. The van der Waals surface area contributed by atoms with Crippen LogP contribution in [0, 0.1) is 5.82 Å². The van der Waals surface area contributed by atoms with Crippen LogP contribution in [0.25, 0.3) is 11.1 Å². The Morgan fingerprint density at radius 2 is 1.95 bits per heavy atom. The lowest BCUT2D eigenvalue weighted by Gasteiger charge is -2.09. The number of phenols is 1. The number of phenolic OH excluding ortho intramolecular Hbond substituents is 1. The lowest BCUT2D eigenvalue weighted by atomic mass is 10.0. The smallest absolute Gasteiger partial charge is 0.305 e. The van der Waals surface area contributed by atoms with Crippen LogP contribution in [0.3, 0.4) is 0 Å². The number of carbonyl (C=O) groups excluding carboxylic acids is 1. The minimum Gasteiger partial charge on any atom is -0.508 e. The van der Waals surface area contributed by atoms with Gasteiger partial charge in [0, 0.05) is 12.0 Å². The Balaban J connectivity index is 2.26. The average molecular weight is 274 g/mol. The van der Waals surface area contributed by atoms with Crippen molar-refractivity contribution in [3.8, 4) is 16.9 Å². The molecule has 0 heterocycles. The van der Waals surface area contributed by atoms with Crippen LogP contribution in [0.4, 0.5) is 4.39 Å². The molecule has 0 aliphatic rings. The molecule has 2 rings (SSSR count). The van der Waals surface area contributed by atoms with Crippen molar-refractivity contribution in [1.29, 1.82) is 0 Å². The first-order valence-corrected chi connectivity index (χ1v) is 6.33. The van der Waals surface area contributed by atoms with Crippen molar-refractivity contribution in [2.24, 2.45) is 0 Å². The molecule has 0 amide bonds. The van der Waals surface area contributed by atoms with Gasteiger partial charge in [0.2, 0.25) is 0 Å². The Hall–Kier alpha value is -2.36. The molecule has 1 N–H and O–H groups in total. The van der Waals surface area contributed by atoms with Crippen molar-refractivity contribution in [1.82, 2.24) is 0 Å². The van der Waals surface area contributed by atoms with E-state index in [-0.39, 0.29) is 30.6 Å². The second kappa shape index (κ2) is 6.19.